The smallest absolute Gasteiger partial charge is 0.387 e. The van der Waals surface area contributed by atoms with Gasteiger partial charge in [-0.05, 0) is 36.6 Å². The molecule has 6 nitrogen and oxygen atoms in total. The van der Waals surface area contributed by atoms with Crippen molar-refractivity contribution < 1.29 is 18.3 Å². The van der Waals surface area contributed by atoms with Gasteiger partial charge in [-0.3, -0.25) is 4.99 Å². The first kappa shape index (κ1) is 21.7. The molecule has 1 saturated heterocycles. The number of benzene rings is 2. The number of ether oxygens (including phenoxy) is 2. The fraction of sp³-hybridized carbons (Fsp3) is 0.409. The zero-order valence-corrected chi connectivity index (χ0v) is 17.3. The van der Waals surface area contributed by atoms with Crippen LogP contribution in [0.25, 0.3) is 0 Å². The summed E-state index contributed by atoms with van der Waals surface area (Å²) in [5, 5.41) is 6.75. The number of nitrogens with one attached hydrogen (secondary N) is 2. The number of aliphatic imine (C=N–C) groups is 1. The fourth-order valence-electron chi connectivity index (χ4n) is 3.62. The topological polar surface area (TPSA) is 58.1 Å². The minimum Gasteiger partial charge on any atom is -0.496 e. The zero-order chi connectivity index (χ0) is 21.3. The highest BCUT2D eigenvalue weighted by Crippen LogP contribution is 2.31. The summed E-state index contributed by atoms with van der Waals surface area (Å²) < 4.78 is 35.4. The highest BCUT2D eigenvalue weighted by atomic mass is 19.3. The average molecular weight is 418 g/mol. The van der Waals surface area contributed by atoms with Crippen molar-refractivity contribution in [2.24, 2.45) is 4.99 Å². The van der Waals surface area contributed by atoms with Gasteiger partial charge in [0, 0.05) is 32.7 Å². The minimum atomic E-state index is -2.84. The van der Waals surface area contributed by atoms with Crippen LogP contribution in [0.3, 0.4) is 0 Å². The molecule has 0 radical (unpaired) electrons. The molecule has 0 aliphatic carbocycles. The Kier molecular flexibility index (Phi) is 7.70. The molecule has 1 atom stereocenters. The Balaban J connectivity index is 1.52. The van der Waals surface area contributed by atoms with E-state index in [1.54, 1.807) is 32.4 Å². The molecule has 0 amide bonds. The maximum Gasteiger partial charge on any atom is 0.387 e. The number of para-hydroxylation sites is 3. The highest BCUT2D eigenvalue weighted by Gasteiger charge is 2.26. The molecule has 0 bridgehead atoms. The van der Waals surface area contributed by atoms with Crippen molar-refractivity contribution in [3.63, 3.8) is 0 Å². The summed E-state index contributed by atoms with van der Waals surface area (Å²) in [5.74, 6) is 1.79. The van der Waals surface area contributed by atoms with E-state index in [9.17, 15) is 8.78 Å². The summed E-state index contributed by atoms with van der Waals surface area (Å²) in [6.45, 7) is -0.702. The number of alkyl halides is 2. The molecular weight excluding hydrogens is 390 g/mol. The number of methoxy groups -OCH3 is 1. The SMILES string of the molecule is CN=C(NCCc1ccccc1OC)NC1CCN(c2ccccc2OC(F)F)C1. The minimum absolute atomic E-state index is 0.155. The molecule has 0 aromatic heterocycles. The van der Waals surface area contributed by atoms with Gasteiger partial charge in [-0.15, -0.1) is 0 Å². The average Bonchev–Trinajstić information content (AvgIpc) is 3.21. The van der Waals surface area contributed by atoms with Gasteiger partial charge in [0.25, 0.3) is 0 Å². The lowest BCUT2D eigenvalue weighted by atomic mass is 10.1. The van der Waals surface area contributed by atoms with Crippen LogP contribution in [-0.2, 0) is 6.42 Å². The Labute approximate surface area is 175 Å². The summed E-state index contributed by atoms with van der Waals surface area (Å²) >= 11 is 0. The van der Waals surface area contributed by atoms with Gasteiger partial charge < -0.3 is 25.0 Å². The Morgan fingerprint density at radius 3 is 2.63 bits per heavy atom. The van der Waals surface area contributed by atoms with E-state index < -0.39 is 6.61 Å². The second-order valence-corrected chi connectivity index (χ2v) is 6.98. The summed E-state index contributed by atoms with van der Waals surface area (Å²) in [7, 11) is 3.40. The number of rotatable bonds is 8. The normalized spacial score (nSPS) is 16.6. The number of anilines is 1. The molecule has 1 aliphatic heterocycles. The molecule has 1 unspecified atom stereocenters. The third-order valence-corrected chi connectivity index (χ3v) is 5.05. The van der Waals surface area contributed by atoms with Crippen LogP contribution in [0.5, 0.6) is 11.5 Å². The molecule has 1 fully saturated rings. The third-order valence-electron chi connectivity index (χ3n) is 5.05. The molecule has 0 saturated carbocycles. The van der Waals surface area contributed by atoms with Gasteiger partial charge in [0.05, 0.1) is 12.8 Å². The van der Waals surface area contributed by atoms with Crippen LogP contribution in [0.15, 0.2) is 53.5 Å². The van der Waals surface area contributed by atoms with Crippen LogP contribution in [0, 0.1) is 0 Å². The quantitative estimate of drug-likeness (QED) is 0.509. The van der Waals surface area contributed by atoms with Crippen molar-refractivity contribution in [3.8, 4) is 11.5 Å². The Hall–Kier alpha value is -3.03. The van der Waals surface area contributed by atoms with Gasteiger partial charge in [-0.2, -0.15) is 8.78 Å². The molecule has 162 valence electrons. The van der Waals surface area contributed by atoms with E-state index >= 15 is 0 Å². The van der Waals surface area contributed by atoms with E-state index in [1.807, 2.05) is 30.3 Å². The molecule has 1 heterocycles. The molecule has 2 aromatic carbocycles. The van der Waals surface area contributed by atoms with Gasteiger partial charge in [-0.1, -0.05) is 30.3 Å². The Morgan fingerprint density at radius 2 is 1.90 bits per heavy atom. The Bertz CT molecular complexity index is 847. The lowest BCUT2D eigenvalue weighted by Crippen LogP contribution is -2.45. The van der Waals surface area contributed by atoms with E-state index in [4.69, 9.17) is 4.74 Å². The van der Waals surface area contributed by atoms with Crippen molar-refractivity contribution in [2.45, 2.75) is 25.5 Å². The Morgan fingerprint density at radius 1 is 1.17 bits per heavy atom. The van der Waals surface area contributed by atoms with E-state index in [1.165, 1.54) is 0 Å². The van der Waals surface area contributed by atoms with Gasteiger partial charge >= 0.3 is 6.61 Å². The fourth-order valence-corrected chi connectivity index (χ4v) is 3.62. The van der Waals surface area contributed by atoms with Crippen molar-refractivity contribution in [1.82, 2.24) is 10.6 Å². The molecule has 2 aromatic rings. The van der Waals surface area contributed by atoms with Crippen LogP contribution in [-0.4, -0.2) is 52.4 Å². The molecule has 2 N–H and O–H groups in total. The molecule has 0 spiro atoms. The van der Waals surface area contributed by atoms with E-state index in [-0.39, 0.29) is 11.8 Å². The second-order valence-electron chi connectivity index (χ2n) is 6.98. The first-order valence-electron chi connectivity index (χ1n) is 9.98. The summed E-state index contributed by atoms with van der Waals surface area (Å²) in [5.41, 5.74) is 1.81. The largest absolute Gasteiger partial charge is 0.496 e. The lowest BCUT2D eigenvalue weighted by Gasteiger charge is -2.22. The molecular formula is C22H28F2N4O2. The molecule has 8 heteroatoms. The van der Waals surface area contributed by atoms with Crippen molar-refractivity contribution >= 4 is 11.6 Å². The molecule has 30 heavy (non-hydrogen) atoms. The first-order valence-corrected chi connectivity index (χ1v) is 9.98. The lowest BCUT2D eigenvalue weighted by molar-refractivity contribution is -0.0495. The van der Waals surface area contributed by atoms with E-state index in [0.717, 1.165) is 30.7 Å². The monoisotopic (exact) mass is 418 g/mol. The van der Waals surface area contributed by atoms with E-state index in [2.05, 4.69) is 25.3 Å². The van der Waals surface area contributed by atoms with Crippen LogP contribution in [0.1, 0.15) is 12.0 Å². The predicted octanol–water partition coefficient (Wildman–Crippen LogP) is 3.28. The van der Waals surface area contributed by atoms with Crippen molar-refractivity contribution in [2.75, 3.05) is 38.7 Å². The van der Waals surface area contributed by atoms with E-state index in [0.29, 0.717) is 24.7 Å². The molecule has 3 rings (SSSR count). The van der Waals surface area contributed by atoms with Crippen LogP contribution >= 0.6 is 0 Å². The second kappa shape index (κ2) is 10.7. The van der Waals surface area contributed by atoms with Crippen molar-refractivity contribution in [1.29, 1.82) is 0 Å². The summed E-state index contributed by atoms with van der Waals surface area (Å²) in [4.78, 5) is 6.35. The van der Waals surface area contributed by atoms with Crippen LogP contribution < -0.4 is 25.0 Å². The first-order chi connectivity index (χ1) is 14.6. The number of hydrogen-bond acceptors (Lipinski definition) is 4. The highest BCUT2D eigenvalue weighted by molar-refractivity contribution is 5.80. The van der Waals surface area contributed by atoms with Gasteiger partial charge in [0.1, 0.15) is 11.5 Å². The number of nitrogens with zero attached hydrogens (tertiary/aromatic N) is 2. The van der Waals surface area contributed by atoms with Gasteiger partial charge in [0.15, 0.2) is 5.96 Å². The number of hydrogen-bond donors (Lipinski definition) is 2. The predicted molar refractivity (Wildman–Crippen MR) is 115 cm³/mol. The maximum atomic E-state index is 12.7. The maximum absolute atomic E-state index is 12.7. The molecule has 1 aliphatic rings. The zero-order valence-electron chi connectivity index (χ0n) is 17.3. The van der Waals surface area contributed by atoms with Crippen LogP contribution in [0.4, 0.5) is 14.5 Å². The summed E-state index contributed by atoms with van der Waals surface area (Å²) in [6, 6.07) is 15.0. The third kappa shape index (κ3) is 5.75. The van der Waals surface area contributed by atoms with Gasteiger partial charge in [0.2, 0.25) is 0 Å². The van der Waals surface area contributed by atoms with Crippen LogP contribution in [0.2, 0.25) is 0 Å². The summed E-state index contributed by atoms with van der Waals surface area (Å²) in [6.07, 6.45) is 1.68. The standard InChI is InChI=1S/C22H28F2N4O2/c1-25-22(26-13-11-16-7-3-5-9-19(16)29-2)27-17-12-14-28(15-17)18-8-4-6-10-20(18)30-21(23)24/h3-10,17,21H,11-15H2,1-2H3,(H2,25,26,27). The number of guanidine groups is 1. The van der Waals surface area contributed by atoms with Crippen molar-refractivity contribution in [3.05, 3.63) is 54.1 Å². The van der Waals surface area contributed by atoms with Gasteiger partial charge in [-0.25, -0.2) is 0 Å². The number of halogens is 2.